The number of aromatic nitrogens is 6. The van der Waals surface area contributed by atoms with Crippen molar-refractivity contribution in [2.75, 3.05) is 5.32 Å². The zero-order valence-electron chi connectivity index (χ0n) is 17.7. The number of anilines is 1. The molecule has 1 aliphatic heterocycles. The Bertz CT molecular complexity index is 1430. The summed E-state index contributed by atoms with van der Waals surface area (Å²) in [5.74, 6) is -0.0819. The van der Waals surface area contributed by atoms with Crippen molar-refractivity contribution < 1.29 is 13.6 Å². The van der Waals surface area contributed by atoms with Crippen LogP contribution in [0.25, 0.3) is 22.6 Å². The molecule has 0 unspecified atom stereocenters. The van der Waals surface area contributed by atoms with Crippen molar-refractivity contribution >= 4 is 22.8 Å². The summed E-state index contributed by atoms with van der Waals surface area (Å²) in [6.45, 7) is 1.96. The Morgan fingerprint density at radius 3 is 2.82 bits per heavy atom. The second kappa shape index (κ2) is 7.09. The predicted molar refractivity (Wildman–Crippen MR) is 115 cm³/mol. The summed E-state index contributed by atoms with van der Waals surface area (Å²) < 4.78 is 29.8. The van der Waals surface area contributed by atoms with Gasteiger partial charge in [0.05, 0.1) is 23.5 Å². The van der Waals surface area contributed by atoms with Gasteiger partial charge in [-0.15, -0.1) is 10.2 Å². The summed E-state index contributed by atoms with van der Waals surface area (Å²) in [5.41, 5.74) is 0.780. The van der Waals surface area contributed by atoms with Crippen molar-refractivity contribution in [2.45, 2.75) is 38.1 Å². The van der Waals surface area contributed by atoms with Gasteiger partial charge in [-0.2, -0.15) is 5.10 Å². The van der Waals surface area contributed by atoms with Gasteiger partial charge in [0.2, 0.25) is 11.7 Å². The van der Waals surface area contributed by atoms with Gasteiger partial charge in [0.15, 0.2) is 11.5 Å². The third-order valence-electron chi connectivity index (χ3n) is 6.38. The molecule has 8 nitrogen and oxygen atoms in total. The van der Waals surface area contributed by atoms with Crippen LogP contribution in [-0.4, -0.2) is 35.9 Å². The normalized spacial score (nSPS) is 19.7. The van der Waals surface area contributed by atoms with Crippen LogP contribution >= 0.6 is 0 Å². The predicted octanol–water partition coefficient (Wildman–Crippen LogP) is 3.62. The zero-order chi connectivity index (χ0) is 22.7. The smallest absolute Gasteiger partial charge is 0.237 e. The minimum atomic E-state index is -0.769. The van der Waals surface area contributed by atoms with Gasteiger partial charge in [-0.05, 0) is 31.4 Å². The maximum absolute atomic E-state index is 14.2. The molecule has 3 aromatic heterocycles. The van der Waals surface area contributed by atoms with Crippen molar-refractivity contribution in [3.8, 4) is 11.5 Å². The molecule has 4 aromatic rings. The SMILES string of the molecule is C[C@]1(CC2CC2)C(=O)Nc2nc(-c3nn(Cc4ccccc4F)c4ncc(F)cc34)nnc21. The number of nitrogens with zero attached hydrogens (tertiary/aromatic N) is 6. The highest BCUT2D eigenvalue weighted by Crippen LogP contribution is 2.46. The van der Waals surface area contributed by atoms with Gasteiger partial charge in [0.25, 0.3) is 0 Å². The number of hydrogen-bond donors (Lipinski definition) is 1. The summed E-state index contributed by atoms with van der Waals surface area (Å²) >= 11 is 0. The number of hydrogen-bond acceptors (Lipinski definition) is 6. The first kappa shape index (κ1) is 19.8. The first-order chi connectivity index (χ1) is 15.9. The molecule has 6 rings (SSSR count). The number of carbonyl (C=O) groups excluding carboxylic acids is 1. The van der Waals surface area contributed by atoms with Crippen LogP contribution in [0, 0.1) is 17.6 Å². The van der Waals surface area contributed by atoms with Crippen LogP contribution in [0.1, 0.15) is 37.4 Å². The van der Waals surface area contributed by atoms with Crippen molar-refractivity contribution in [2.24, 2.45) is 5.92 Å². The molecule has 1 aliphatic carbocycles. The zero-order valence-corrected chi connectivity index (χ0v) is 17.7. The number of pyridine rings is 1. The second-order valence-corrected chi connectivity index (χ2v) is 8.89. The molecule has 0 saturated heterocycles. The highest BCUT2D eigenvalue weighted by atomic mass is 19.1. The van der Waals surface area contributed by atoms with Crippen LogP contribution in [0.5, 0.6) is 0 Å². The number of fused-ring (bicyclic) bond motifs is 2. The van der Waals surface area contributed by atoms with Gasteiger partial charge in [0.1, 0.15) is 23.0 Å². The van der Waals surface area contributed by atoms with E-state index in [0.29, 0.717) is 40.4 Å². The second-order valence-electron chi connectivity index (χ2n) is 8.89. The first-order valence-electron chi connectivity index (χ1n) is 10.7. The Balaban J connectivity index is 1.44. The molecule has 0 spiro atoms. The highest BCUT2D eigenvalue weighted by Gasteiger charge is 2.48. The fraction of sp³-hybridized carbons (Fsp3) is 0.304. The van der Waals surface area contributed by atoms with E-state index < -0.39 is 11.2 Å². The lowest BCUT2D eigenvalue weighted by Crippen LogP contribution is -2.32. The molecule has 1 amide bonds. The molecule has 166 valence electrons. The van der Waals surface area contributed by atoms with Gasteiger partial charge in [-0.25, -0.2) is 23.4 Å². The number of carbonyl (C=O) groups is 1. The van der Waals surface area contributed by atoms with E-state index in [1.54, 1.807) is 18.2 Å². The minimum Gasteiger partial charge on any atom is -0.308 e. The Kier molecular flexibility index (Phi) is 4.26. The van der Waals surface area contributed by atoms with Crippen molar-refractivity contribution in [1.29, 1.82) is 0 Å². The van der Waals surface area contributed by atoms with Crippen LogP contribution in [0.2, 0.25) is 0 Å². The van der Waals surface area contributed by atoms with E-state index in [4.69, 9.17) is 0 Å². The molecule has 33 heavy (non-hydrogen) atoms. The summed E-state index contributed by atoms with van der Waals surface area (Å²) in [6.07, 6.45) is 4.01. The lowest BCUT2D eigenvalue weighted by molar-refractivity contribution is -0.120. The van der Waals surface area contributed by atoms with E-state index in [9.17, 15) is 13.6 Å². The Hall–Kier alpha value is -3.82. The number of benzene rings is 1. The molecule has 1 saturated carbocycles. The van der Waals surface area contributed by atoms with E-state index in [2.05, 4.69) is 30.6 Å². The molecule has 0 radical (unpaired) electrons. The van der Waals surface area contributed by atoms with Gasteiger partial charge >= 0.3 is 0 Å². The molecule has 1 fully saturated rings. The summed E-state index contributed by atoms with van der Waals surface area (Å²) in [4.78, 5) is 21.4. The monoisotopic (exact) mass is 447 g/mol. The van der Waals surface area contributed by atoms with E-state index in [0.717, 1.165) is 19.0 Å². The quantitative estimate of drug-likeness (QED) is 0.502. The lowest BCUT2D eigenvalue weighted by atomic mass is 9.82. The molecule has 2 aliphatic rings. The highest BCUT2D eigenvalue weighted by molar-refractivity contribution is 6.04. The third kappa shape index (κ3) is 3.24. The molecule has 4 heterocycles. The molecule has 1 aromatic carbocycles. The fourth-order valence-corrected chi connectivity index (χ4v) is 4.42. The van der Waals surface area contributed by atoms with Crippen LogP contribution in [0.3, 0.4) is 0 Å². The van der Waals surface area contributed by atoms with Gasteiger partial charge < -0.3 is 5.32 Å². The molecule has 10 heteroatoms. The number of rotatable bonds is 5. The Labute approximate surface area is 187 Å². The number of halogens is 2. The topological polar surface area (TPSA) is 98.5 Å². The number of amides is 1. The van der Waals surface area contributed by atoms with Crippen LogP contribution in [-0.2, 0) is 16.8 Å². The molecule has 0 bridgehead atoms. The van der Waals surface area contributed by atoms with Crippen molar-refractivity contribution in [3.05, 3.63) is 59.4 Å². The fourth-order valence-electron chi connectivity index (χ4n) is 4.42. The van der Waals surface area contributed by atoms with E-state index in [-0.39, 0.29) is 29.8 Å². The van der Waals surface area contributed by atoms with Crippen LogP contribution < -0.4 is 5.32 Å². The standard InChI is InChI=1S/C23H19F2N7O/c1-23(9-12-6-7-12)18-20(28-22(23)33)27-19(30-29-18)17-15-8-14(24)10-26-21(15)32(31-17)11-13-4-2-3-5-16(13)25/h2-5,8,10,12H,6-7,9,11H2,1H3,(H,27,28,30,33)/t23-/m1/s1. The average molecular weight is 447 g/mol. The first-order valence-corrected chi connectivity index (χ1v) is 10.7. The Morgan fingerprint density at radius 2 is 2.03 bits per heavy atom. The molecular weight excluding hydrogens is 428 g/mol. The summed E-state index contributed by atoms with van der Waals surface area (Å²) in [5, 5.41) is 16.3. The molecule has 1 atom stereocenters. The summed E-state index contributed by atoms with van der Waals surface area (Å²) in [7, 11) is 0. The van der Waals surface area contributed by atoms with Gasteiger partial charge in [-0.1, -0.05) is 31.0 Å². The maximum atomic E-state index is 14.2. The van der Waals surface area contributed by atoms with Crippen LogP contribution in [0.15, 0.2) is 36.5 Å². The largest absolute Gasteiger partial charge is 0.308 e. The average Bonchev–Trinajstić information content (AvgIpc) is 3.48. The van der Waals surface area contributed by atoms with Crippen molar-refractivity contribution in [1.82, 2.24) is 29.9 Å². The minimum absolute atomic E-state index is 0.0936. The van der Waals surface area contributed by atoms with Gasteiger partial charge in [-0.3, -0.25) is 4.79 Å². The summed E-state index contributed by atoms with van der Waals surface area (Å²) in [6, 6.07) is 7.63. The Morgan fingerprint density at radius 1 is 1.21 bits per heavy atom. The third-order valence-corrected chi connectivity index (χ3v) is 6.38. The number of nitrogens with one attached hydrogen (secondary N) is 1. The van der Waals surface area contributed by atoms with E-state index >= 15 is 0 Å². The lowest BCUT2D eigenvalue weighted by Gasteiger charge is -2.19. The maximum Gasteiger partial charge on any atom is 0.237 e. The molecular formula is C23H19F2N7O. The van der Waals surface area contributed by atoms with Gasteiger partial charge in [0, 0.05) is 5.56 Å². The van der Waals surface area contributed by atoms with Crippen molar-refractivity contribution in [3.63, 3.8) is 0 Å². The van der Waals surface area contributed by atoms with E-state index in [1.165, 1.54) is 16.8 Å². The van der Waals surface area contributed by atoms with E-state index in [1.807, 2.05) is 6.92 Å². The molecule has 1 N–H and O–H groups in total. The van der Waals surface area contributed by atoms with Crippen LogP contribution in [0.4, 0.5) is 14.6 Å².